The average Bonchev–Trinajstić information content (AvgIpc) is 2.88. The van der Waals surface area contributed by atoms with Crippen molar-refractivity contribution in [2.45, 2.75) is 98.9 Å². The van der Waals surface area contributed by atoms with Gasteiger partial charge in [0.1, 0.15) is 17.2 Å². The number of phenolic OH excluding ortho intramolecular Hbond substituents is 3. The first-order valence-electron chi connectivity index (χ1n) is 13.7. The quantitative estimate of drug-likeness (QED) is 0.321. The number of hydrogen-bond donors (Lipinski definition) is 3. The highest BCUT2D eigenvalue weighted by atomic mass is 16.5. The van der Waals surface area contributed by atoms with Crippen molar-refractivity contribution in [3.05, 3.63) is 86.5 Å². The maximum absolute atomic E-state index is 11.1. The van der Waals surface area contributed by atoms with Gasteiger partial charge in [0, 0.05) is 33.4 Å². The maximum Gasteiger partial charge on any atom is 0.126 e. The van der Waals surface area contributed by atoms with Crippen molar-refractivity contribution in [1.82, 2.24) is 0 Å². The van der Waals surface area contributed by atoms with E-state index in [4.69, 9.17) is 14.2 Å². The predicted molar refractivity (Wildman–Crippen MR) is 152 cm³/mol. The highest BCUT2D eigenvalue weighted by Gasteiger charge is 2.20. The zero-order valence-corrected chi connectivity index (χ0v) is 24.1. The summed E-state index contributed by atoms with van der Waals surface area (Å²) in [4.78, 5) is 0. The second-order valence-electron chi connectivity index (χ2n) is 11.8. The van der Waals surface area contributed by atoms with E-state index in [1.54, 1.807) is 0 Å². The van der Waals surface area contributed by atoms with Crippen molar-refractivity contribution >= 4 is 0 Å². The Morgan fingerprint density at radius 3 is 1.26 bits per heavy atom. The van der Waals surface area contributed by atoms with Gasteiger partial charge >= 0.3 is 0 Å². The number of fused-ring (bicyclic) bond motifs is 6. The molecule has 0 spiro atoms. The van der Waals surface area contributed by atoms with E-state index >= 15 is 0 Å². The summed E-state index contributed by atoms with van der Waals surface area (Å²) in [5.74, 6) is 0.694. The summed E-state index contributed by atoms with van der Waals surface area (Å²) in [6.45, 7) is 13.8. The summed E-state index contributed by atoms with van der Waals surface area (Å²) in [7, 11) is 0. The molecule has 0 fully saturated rings. The van der Waals surface area contributed by atoms with Crippen LogP contribution in [0.5, 0.6) is 17.2 Å². The lowest BCUT2D eigenvalue weighted by Gasteiger charge is -2.23. The van der Waals surface area contributed by atoms with Crippen LogP contribution in [-0.4, -0.2) is 15.3 Å². The zero-order chi connectivity index (χ0) is 28.3. The van der Waals surface area contributed by atoms with Crippen molar-refractivity contribution < 1.29 is 29.5 Å². The second-order valence-corrected chi connectivity index (χ2v) is 11.8. The van der Waals surface area contributed by atoms with Crippen molar-refractivity contribution in [2.75, 3.05) is 0 Å². The van der Waals surface area contributed by atoms with E-state index in [1.165, 1.54) is 0 Å². The molecule has 0 saturated carbocycles. The number of aryl methyl sites for hydroxylation is 1. The molecule has 39 heavy (non-hydrogen) atoms. The lowest BCUT2D eigenvalue weighted by atomic mass is 9.85. The number of phenols is 3. The van der Waals surface area contributed by atoms with Gasteiger partial charge in [0.15, 0.2) is 0 Å². The molecule has 0 atom stereocenters. The molecule has 0 saturated heterocycles. The topological polar surface area (TPSA) is 88.4 Å². The summed E-state index contributed by atoms with van der Waals surface area (Å²) in [6.07, 6.45) is 0.804. The molecule has 6 heteroatoms. The molecular formula is C33H42O6. The first kappa shape index (κ1) is 28.9. The fourth-order valence-electron chi connectivity index (χ4n) is 4.82. The Labute approximate surface area is 232 Å². The summed E-state index contributed by atoms with van der Waals surface area (Å²) < 4.78 is 18.1. The SMILES string of the molecule is CCc1cc2c(O)c(c1)COCc1cc(C(C)(C)C)cc(c1O)COCc1cc(C(C)C)cc(c1O)COC2. The molecule has 210 valence electrons. The third-order valence-electron chi connectivity index (χ3n) is 7.37. The lowest BCUT2D eigenvalue weighted by molar-refractivity contribution is 0.0929. The summed E-state index contributed by atoms with van der Waals surface area (Å²) in [5, 5.41) is 33.3. The minimum Gasteiger partial charge on any atom is -0.507 e. The highest BCUT2D eigenvalue weighted by molar-refractivity contribution is 5.47. The average molecular weight is 535 g/mol. The van der Waals surface area contributed by atoms with Crippen molar-refractivity contribution in [1.29, 1.82) is 0 Å². The van der Waals surface area contributed by atoms with Gasteiger partial charge in [-0.05, 0) is 70.8 Å². The van der Waals surface area contributed by atoms with Crippen LogP contribution in [0.25, 0.3) is 0 Å². The van der Waals surface area contributed by atoms with Gasteiger partial charge in [0.05, 0.1) is 39.6 Å². The molecule has 0 amide bonds. The van der Waals surface area contributed by atoms with E-state index in [9.17, 15) is 15.3 Å². The third kappa shape index (κ3) is 6.75. The Morgan fingerprint density at radius 2 is 0.949 bits per heavy atom. The minimum atomic E-state index is -0.143. The van der Waals surface area contributed by atoms with E-state index in [2.05, 4.69) is 41.5 Å². The van der Waals surface area contributed by atoms with Gasteiger partial charge in [-0.15, -0.1) is 0 Å². The first-order valence-corrected chi connectivity index (χ1v) is 13.7. The van der Waals surface area contributed by atoms with Crippen LogP contribution >= 0.6 is 0 Å². The summed E-state index contributed by atoms with van der Waals surface area (Å²) >= 11 is 0. The maximum atomic E-state index is 11.1. The Balaban J connectivity index is 1.78. The van der Waals surface area contributed by atoms with Gasteiger partial charge in [-0.1, -0.05) is 41.5 Å². The van der Waals surface area contributed by atoms with E-state index < -0.39 is 0 Å². The number of rotatable bonds is 2. The normalized spacial score (nSPS) is 15.2. The molecule has 0 unspecified atom stereocenters. The zero-order valence-electron chi connectivity index (χ0n) is 24.1. The molecule has 0 radical (unpaired) electrons. The van der Waals surface area contributed by atoms with Gasteiger partial charge in [0.25, 0.3) is 0 Å². The Morgan fingerprint density at radius 1 is 0.615 bits per heavy atom. The van der Waals surface area contributed by atoms with Crippen LogP contribution in [0.15, 0.2) is 36.4 Å². The fourth-order valence-corrected chi connectivity index (χ4v) is 4.82. The number of ether oxygens (including phenoxy) is 3. The summed E-state index contributed by atoms with van der Waals surface area (Å²) in [5.41, 5.74) is 7.12. The third-order valence-corrected chi connectivity index (χ3v) is 7.37. The second kappa shape index (κ2) is 12.0. The Kier molecular flexibility index (Phi) is 8.90. The molecule has 1 aliphatic heterocycles. The fraction of sp³-hybridized carbons (Fsp3) is 0.455. The monoisotopic (exact) mass is 534 g/mol. The molecule has 6 nitrogen and oxygen atoms in total. The summed E-state index contributed by atoms with van der Waals surface area (Å²) in [6, 6.07) is 11.8. The molecule has 0 aliphatic carbocycles. The van der Waals surface area contributed by atoms with Gasteiger partial charge < -0.3 is 29.5 Å². The van der Waals surface area contributed by atoms with Crippen LogP contribution in [0.2, 0.25) is 0 Å². The first-order chi connectivity index (χ1) is 18.5. The standard InChI is InChI=1S/C33H42O6/c1-7-21-8-23-14-37-16-25-10-22(20(2)3)11-26(31(25)35)17-39-19-28-13-29(33(4,5)6)12-27(32(28)36)18-38-15-24(9-21)30(23)34/h8-13,20,34-36H,7,14-19H2,1-6H3. The predicted octanol–water partition coefficient (Wildman–Crippen LogP) is 7.25. The Hall–Kier alpha value is -3.06. The van der Waals surface area contributed by atoms with Crippen LogP contribution < -0.4 is 0 Å². The van der Waals surface area contributed by atoms with E-state index in [1.807, 2.05) is 36.4 Å². The van der Waals surface area contributed by atoms with Crippen molar-refractivity contribution in [3.8, 4) is 17.2 Å². The van der Waals surface area contributed by atoms with E-state index in [-0.39, 0.29) is 68.2 Å². The Bertz CT molecular complexity index is 1320. The van der Waals surface area contributed by atoms with Crippen LogP contribution in [0.1, 0.15) is 97.5 Å². The van der Waals surface area contributed by atoms with Gasteiger partial charge in [-0.25, -0.2) is 0 Å². The van der Waals surface area contributed by atoms with E-state index in [0.29, 0.717) is 33.4 Å². The lowest BCUT2D eigenvalue weighted by Crippen LogP contribution is -2.13. The van der Waals surface area contributed by atoms with Gasteiger partial charge in [0.2, 0.25) is 0 Å². The van der Waals surface area contributed by atoms with Gasteiger partial charge in [-0.3, -0.25) is 0 Å². The minimum absolute atomic E-state index is 0.143. The molecule has 3 N–H and O–H groups in total. The molecular weight excluding hydrogens is 492 g/mol. The van der Waals surface area contributed by atoms with Crippen LogP contribution in [0.3, 0.4) is 0 Å². The molecule has 6 bridgehead atoms. The number of benzene rings is 3. The molecule has 4 rings (SSSR count). The van der Waals surface area contributed by atoms with Gasteiger partial charge in [-0.2, -0.15) is 0 Å². The van der Waals surface area contributed by atoms with E-state index in [0.717, 1.165) is 23.1 Å². The molecule has 0 aromatic heterocycles. The smallest absolute Gasteiger partial charge is 0.126 e. The largest absolute Gasteiger partial charge is 0.507 e. The van der Waals surface area contributed by atoms with Crippen LogP contribution in [0, 0.1) is 0 Å². The number of aromatic hydroxyl groups is 3. The van der Waals surface area contributed by atoms with Crippen molar-refractivity contribution in [2.24, 2.45) is 0 Å². The number of hydrogen-bond acceptors (Lipinski definition) is 6. The van der Waals surface area contributed by atoms with Crippen molar-refractivity contribution in [3.63, 3.8) is 0 Å². The van der Waals surface area contributed by atoms with Crippen LogP contribution in [-0.2, 0) is 65.7 Å². The molecule has 3 aromatic rings. The molecule has 1 aliphatic rings. The highest BCUT2D eigenvalue weighted by Crippen LogP contribution is 2.35. The van der Waals surface area contributed by atoms with Crippen LogP contribution in [0.4, 0.5) is 0 Å². The molecule has 1 heterocycles. The molecule has 3 aromatic carbocycles.